The molecule has 0 saturated carbocycles. The van der Waals surface area contributed by atoms with Crippen molar-refractivity contribution < 1.29 is 14.1 Å². The van der Waals surface area contributed by atoms with E-state index in [-0.39, 0.29) is 17.1 Å². The average Bonchev–Trinajstić information content (AvgIpc) is 2.57. The molecule has 7 heteroatoms. The largest absolute Gasteiger partial charge is 0.496 e. The van der Waals surface area contributed by atoms with E-state index >= 15 is 0 Å². The SMILES string of the molecule is CC1(C)OB(c2cnc3c(c2)NC(=O)CS3)OC1(C)C. The minimum absolute atomic E-state index is 0.00429. The van der Waals surface area contributed by atoms with Crippen molar-refractivity contribution in [2.75, 3.05) is 11.1 Å². The first-order chi connectivity index (χ1) is 9.28. The quantitative estimate of drug-likeness (QED) is 0.793. The van der Waals surface area contributed by atoms with Gasteiger partial charge in [-0.3, -0.25) is 4.79 Å². The predicted molar refractivity (Wildman–Crippen MR) is 79.3 cm³/mol. The lowest BCUT2D eigenvalue weighted by molar-refractivity contribution is -0.113. The molecule has 0 aromatic carbocycles. The molecule has 3 heterocycles. The van der Waals surface area contributed by atoms with Gasteiger partial charge in [-0.2, -0.15) is 0 Å². The van der Waals surface area contributed by atoms with E-state index in [4.69, 9.17) is 9.31 Å². The van der Waals surface area contributed by atoms with Gasteiger partial charge >= 0.3 is 7.12 Å². The van der Waals surface area contributed by atoms with Crippen molar-refractivity contribution in [1.29, 1.82) is 0 Å². The zero-order valence-corrected chi connectivity index (χ0v) is 12.8. The van der Waals surface area contributed by atoms with Crippen LogP contribution >= 0.6 is 11.8 Å². The summed E-state index contributed by atoms with van der Waals surface area (Å²) in [4.78, 5) is 15.8. The van der Waals surface area contributed by atoms with Crippen LogP contribution in [0.25, 0.3) is 0 Å². The molecule has 3 rings (SSSR count). The van der Waals surface area contributed by atoms with Crippen LogP contribution in [-0.2, 0) is 14.1 Å². The zero-order valence-electron chi connectivity index (χ0n) is 12.0. The van der Waals surface area contributed by atoms with Crippen LogP contribution in [0.4, 0.5) is 5.69 Å². The molecule has 1 N–H and O–H groups in total. The summed E-state index contributed by atoms with van der Waals surface area (Å²) in [5, 5.41) is 3.67. The molecule has 0 unspecified atom stereocenters. The third-order valence-corrected chi connectivity index (χ3v) is 5.02. The topological polar surface area (TPSA) is 60.5 Å². The van der Waals surface area contributed by atoms with Crippen LogP contribution < -0.4 is 10.8 Å². The number of anilines is 1. The zero-order chi connectivity index (χ0) is 14.5. The van der Waals surface area contributed by atoms with Gasteiger partial charge in [-0.1, -0.05) is 11.8 Å². The third-order valence-electron chi connectivity index (χ3n) is 4.01. The number of amides is 1. The molecular formula is C13H17BN2O3S. The second-order valence-corrected chi connectivity index (χ2v) is 7.01. The van der Waals surface area contributed by atoms with E-state index in [0.29, 0.717) is 5.75 Å². The van der Waals surface area contributed by atoms with Crippen LogP contribution in [0.2, 0.25) is 0 Å². The average molecular weight is 292 g/mol. The monoisotopic (exact) mass is 292 g/mol. The Kier molecular flexibility index (Phi) is 3.11. The molecule has 1 saturated heterocycles. The van der Waals surface area contributed by atoms with Crippen LogP contribution in [0.15, 0.2) is 17.3 Å². The molecule has 5 nitrogen and oxygen atoms in total. The van der Waals surface area contributed by atoms with Crippen LogP contribution in [0.1, 0.15) is 27.7 Å². The number of carbonyl (C=O) groups excluding carboxylic acids is 1. The fourth-order valence-corrected chi connectivity index (χ4v) is 2.83. The molecule has 1 amide bonds. The van der Waals surface area contributed by atoms with E-state index in [2.05, 4.69) is 10.3 Å². The minimum Gasteiger partial charge on any atom is -0.399 e. The number of pyridine rings is 1. The highest BCUT2D eigenvalue weighted by atomic mass is 32.2. The second kappa shape index (κ2) is 4.48. The second-order valence-electron chi connectivity index (χ2n) is 6.05. The Morgan fingerprint density at radius 3 is 2.60 bits per heavy atom. The molecule has 2 aliphatic rings. The van der Waals surface area contributed by atoms with Crippen molar-refractivity contribution in [3.63, 3.8) is 0 Å². The number of thioether (sulfide) groups is 1. The molecular weight excluding hydrogens is 275 g/mol. The van der Waals surface area contributed by atoms with Gasteiger partial charge in [0.1, 0.15) is 5.03 Å². The number of nitrogens with one attached hydrogen (secondary N) is 1. The highest BCUT2D eigenvalue weighted by Crippen LogP contribution is 2.37. The molecule has 20 heavy (non-hydrogen) atoms. The summed E-state index contributed by atoms with van der Waals surface area (Å²) in [6, 6.07) is 1.88. The number of fused-ring (bicyclic) bond motifs is 1. The smallest absolute Gasteiger partial charge is 0.399 e. The summed E-state index contributed by atoms with van der Waals surface area (Å²) in [5.41, 5.74) is 0.792. The van der Waals surface area contributed by atoms with Gasteiger partial charge in [0, 0.05) is 11.7 Å². The first-order valence-corrected chi connectivity index (χ1v) is 7.55. The summed E-state index contributed by atoms with van der Waals surface area (Å²) in [6.07, 6.45) is 1.76. The first kappa shape index (κ1) is 13.9. The van der Waals surface area contributed by atoms with Gasteiger partial charge in [0.15, 0.2) is 0 Å². The Labute approximate surface area is 123 Å². The van der Waals surface area contributed by atoms with Gasteiger partial charge in [0.05, 0.1) is 22.6 Å². The van der Waals surface area contributed by atoms with E-state index in [1.165, 1.54) is 11.8 Å². The predicted octanol–water partition coefficient (Wildman–Crippen LogP) is 1.42. The molecule has 2 aliphatic heterocycles. The van der Waals surface area contributed by atoms with E-state index in [0.717, 1.165) is 16.2 Å². The van der Waals surface area contributed by atoms with Gasteiger partial charge in [0.2, 0.25) is 5.91 Å². The normalized spacial score (nSPS) is 23.4. The van der Waals surface area contributed by atoms with E-state index in [9.17, 15) is 4.79 Å². The van der Waals surface area contributed by atoms with Crippen LogP contribution in [0, 0.1) is 0 Å². The minimum atomic E-state index is -0.457. The maximum Gasteiger partial charge on any atom is 0.496 e. The Hall–Kier alpha value is -1.05. The van der Waals surface area contributed by atoms with E-state index < -0.39 is 7.12 Å². The molecule has 0 spiro atoms. The van der Waals surface area contributed by atoms with Crippen molar-refractivity contribution in [1.82, 2.24) is 4.98 Å². The lowest BCUT2D eigenvalue weighted by Crippen LogP contribution is -2.41. The van der Waals surface area contributed by atoms with Crippen molar-refractivity contribution in [3.8, 4) is 0 Å². The summed E-state index contributed by atoms with van der Waals surface area (Å²) in [5.74, 6) is 0.408. The molecule has 1 fully saturated rings. The molecule has 106 valence electrons. The molecule has 0 atom stereocenters. The first-order valence-electron chi connectivity index (χ1n) is 6.57. The fraction of sp³-hybridized carbons (Fsp3) is 0.538. The molecule has 0 aliphatic carbocycles. The van der Waals surface area contributed by atoms with Gasteiger partial charge in [-0.25, -0.2) is 4.98 Å². The van der Waals surface area contributed by atoms with Crippen molar-refractivity contribution >= 4 is 35.9 Å². The van der Waals surface area contributed by atoms with Gasteiger partial charge < -0.3 is 14.6 Å². The van der Waals surface area contributed by atoms with Crippen LogP contribution in [0.5, 0.6) is 0 Å². The fourth-order valence-electron chi connectivity index (χ4n) is 2.10. The van der Waals surface area contributed by atoms with Gasteiger partial charge in [-0.05, 0) is 33.8 Å². The Bertz CT molecular complexity index is 561. The maximum atomic E-state index is 11.4. The third kappa shape index (κ3) is 2.23. The summed E-state index contributed by atoms with van der Waals surface area (Å²) in [6.45, 7) is 8.04. The molecule has 1 aromatic heterocycles. The summed E-state index contributed by atoms with van der Waals surface area (Å²) < 4.78 is 12.0. The number of rotatable bonds is 1. The number of hydrogen-bond acceptors (Lipinski definition) is 5. The van der Waals surface area contributed by atoms with Crippen molar-refractivity contribution in [3.05, 3.63) is 12.3 Å². The number of nitrogens with zero attached hydrogens (tertiary/aromatic N) is 1. The highest BCUT2D eigenvalue weighted by Gasteiger charge is 2.51. The molecule has 0 bridgehead atoms. The molecule has 0 radical (unpaired) electrons. The van der Waals surface area contributed by atoms with Crippen LogP contribution in [-0.4, -0.2) is 35.0 Å². The number of aromatic nitrogens is 1. The highest BCUT2D eigenvalue weighted by molar-refractivity contribution is 8.00. The van der Waals surface area contributed by atoms with Crippen molar-refractivity contribution in [2.24, 2.45) is 0 Å². The van der Waals surface area contributed by atoms with Gasteiger partial charge in [-0.15, -0.1) is 0 Å². The Morgan fingerprint density at radius 2 is 1.95 bits per heavy atom. The summed E-state index contributed by atoms with van der Waals surface area (Å²) in [7, 11) is -0.457. The van der Waals surface area contributed by atoms with Crippen molar-refractivity contribution in [2.45, 2.75) is 43.9 Å². The molecule has 1 aromatic rings. The van der Waals surface area contributed by atoms with E-state index in [1.54, 1.807) is 6.20 Å². The number of carbonyl (C=O) groups is 1. The summed E-state index contributed by atoms with van der Waals surface area (Å²) >= 11 is 1.44. The lowest BCUT2D eigenvalue weighted by Gasteiger charge is -2.32. The Morgan fingerprint density at radius 1 is 1.30 bits per heavy atom. The standard InChI is InChI=1S/C13H17BN2O3S/c1-12(2)13(3,4)19-14(18-12)8-5-9-11(15-6-8)20-7-10(17)16-9/h5-6H,7H2,1-4H3,(H,16,17). The maximum absolute atomic E-state index is 11.4. The van der Waals surface area contributed by atoms with Gasteiger partial charge in [0.25, 0.3) is 0 Å². The Balaban J connectivity index is 1.89. The number of hydrogen-bond donors (Lipinski definition) is 1. The van der Waals surface area contributed by atoms with Crippen LogP contribution in [0.3, 0.4) is 0 Å². The lowest BCUT2D eigenvalue weighted by atomic mass is 9.80. The van der Waals surface area contributed by atoms with E-state index in [1.807, 2.05) is 33.8 Å².